The summed E-state index contributed by atoms with van der Waals surface area (Å²) < 4.78 is 5.16. The van der Waals surface area contributed by atoms with Crippen molar-refractivity contribution >= 4 is 0 Å². The lowest BCUT2D eigenvalue weighted by Crippen LogP contribution is -1.97. The van der Waals surface area contributed by atoms with Gasteiger partial charge in [-0.15, -0.1) is 0 Å². The minimum Gasteiger partial charge on any atom is -0.466 e. The highest BCUT2D eigenvalue weighted by atomic mass is 16.4. The van der Waals surface area contributed by atoms with E-state index >= 15 is 0 Å². The van der Waals surface area contributed by atoms with Crippen LogP contribution < -0.4 is 0 Å². The van der Waals surface area contributed by atoms with Crippen molar-refractivity contribution < 1.29 is 9.52 Å². The van der Waals surface area contributed by atoms with Crippen LogP contribution in [0.2, 0.25) is 0 Å². The zero-order valence-corrected chi connectivity index (χ0v) is 8.68. The van der Waals surface area contributed by atoms with E-state index in [1.165, 1.54) is 5.56 Å². The highest BCUT2D eigenvalue weighted by Gasteiger charge is 2.12. The summed E-state index contributed by atoms with van der Waals surface area (Å²) in [4.78, 5) is 0. The molecule has 0 aliphatic heterocycles. The van der Waals surface area contributed by atoms with Crippen LogP contribution >= 0.6 is 0 Å². The number of benzene rings is 1. The van der Waals surface area contributed by atoms with Crippen molar-refractivity contribution in [2.45, 2.75) is 19.4 Å². The van der Waals surface area contributed by atoms with Crippen molar-refractivity contribution in [1.29, 1.82) is 0 Å². The van der Waals surface area contributed by atoms with E-state index in [0.717, 1.165) is 12.0 Å². The van der Waals surface area contributed by atoms with Crippen molar-refractivity contribution in [3.05, 3.63) is 59.5 Å². The zero-order valence-electron chi connectivity index (χ0n) is 8.68. The first kappa shape index (κ1) is 9.99. The molecule has 0 amide bonds. The van der Waals surface area contributed by atoms with Gasteiger partial charge in [-0.25, -0.2) is 0 Å². The van der Waals surface area contributed by atoms with E-state index in [1.54, 1.807) is 18.4 Å². The van der Waals surface area contributed by atoms with Crippen molar-refractivity contribution in [2.75, 3.05) is 0 Å². The molecule has 2 rings (SSSR count). The Kier molecular flexibility index (Phi) is 2.88. The number of furan rings is 1. The van der Waals surface area contributed by atoms with Gasteiger partial charge in [-0.3, -0.25) is 0 Å². The lowest BCUT2D eigenvalue weighted by molar-refractivity contribution is 0.189. The first-order valence-corrected chi connectivity index (χ1v) is 5.11. The van der Waals surface area contributed by atoms with E-state index in [9.17, 15) is 5.11 Å². The van der Waals surface area contributed by atoms with Crippen LogP contribution in [-0.4, -0.2) is 5.11 Å². The van der Waals surface area contributed by atoms with Gasteiger partial charge in [0.25, 0.3) is 0 Å². The third-order valence-corrected chi connectivity index (χ3v) is 2.52. The molecule has 0 aliphatic rings. The third kappa shape index (κ3) is 2.10. The summed E-state index contributed by atoms with van der Waals surface area (Å²) >= 11 is 0. The lowest BCUT2D eigenvalue weighted by atomic mass is 10.0. The molecule has 0 fully saturated rings. The minimum absolute atomic E-state index is 0.583. The van der Waals surface area contributed by atoms with Crippen molar-refractivity contribution in [3.63, 3.8) is 0 Å². The first-order chi connectivity index (χ1) is 7.31. The fourth-order valence-corrected chi connectivity index (χ4v) is 1.55. The molecule has 2 heteroatoms. The largest absolute Gasteiger partial charge is 0.466 e. The van der Waals surface area contributed by atoms with Crippen LogP contribution in [-0.2, 0) is 6.42 Å². The Balaban J connectivity index is 2.22. The van der Waals surface area contributed by atoms with Gasteiger partial charge in [-0.1, -0.05) is 31.2 Å². The highest BCUT2D eigenvalue weighted by molar-refractivity contribution is 5.28. The fraction of sp³-hybridized carbons (Fsp3) is 0.231. The number of aliphatic hydroxyl groups excluding tert-OH is 1. The summed E-state index contributed by atoms with van der Waals surface area (Å²) in [6.45, 7) is 2.11. The van der Waals surface area contributed by atoms with Gasteiger partial charge < -0.3 is 9.52 Å². The Bertz CT molecular complexity index is 401. The molecule has 15 heavy (non-hydrogen) atoms. The van der Waals surface area contributed by atoms with Crippen LogP contribution in [0.1, 0.15) is 29.9 Å². The SMILES string of the molecule is CCc1ccc([C@@H](O)c2ccco2)cc1. The molecule has 0 saturated carbocycles. The standard InChI is InChI=1S/C13H14O2/c1-2-10-5-7-11(8-6-10)13(14)12-4-3-9-15-12/h3-9,13-14H,2H2,1H3/t13-/m1/s1. The molecule has 2 aromatic rings. The van der Waals surface area contributed by atoms with E-state index in [1.807, 2.05) is 24.3 Å². The second-order valence-corrected chi connectivity index (χ2v) is 3.51. The van der Waals surface area contributed by atoms with E-state index < -0.39 is 6.10 Å². The fourth-order valence-electron chi connectivity index (χ4n) is 1.55. The second-order valence-electron chi connectivity index (χ2n) is 3.51. The quantitative estimate of drug-likeness (QED) is 0.830. The van der Waals surface area contributed by atoms with Gasteiger partial charge in [0.15, 0.2) is 0 Å². The lowest BCUT2D eigenvalue weighted by Gasteiger charge is -2.08. The van der Waals surface area contributed by atoms with Crippen LogP contribution in [0.25, 0.3) is 0 Å². The summed E-state index contributed by atoms with van der Waals surface area (Å²) in [5.74, 6) is 0.583. The maximum Gasteiger partial charge on any atom is 0.137 e. The molecule has 1 atom stereocenters. The van der Waals surface area contributed by atoms with Gasteiger partial charge in [-0.2, -0.15) is 0 Å². The Hall–Kier alpha value is -1.54. The molecule has 0 radical (unpaired) electrons. The van der Waals surface area contributed by atoms with Crippen molar-refractivity contribution in [2.24, 2.45) is 0 Å². The summed E-state index contributed by atoms with van der Waals surface area (Å²) in [6, 6.07) is 11.5. The summed E-state index contributed by atoms with van der Waals surface area (Å²) in [7, 11) is 0. The van der Waals surface area contributed by atoms with Crippen LogP contribution in [0.3, 0.4) is 0 Å². The molecule has 78 valence electrons. The Morgan fingerprint density at radius 3 is 2.47 bits per heavy atom. The summed E-state index contributed by atoms with van der Waals surface area (Å²) in [5, 5.41) is 9.95. The smallest absolute Gasteiger partial charge is 0.137 e. The molecular weight excluding hydrogens is 188 g/mol. The topological polar surface area (TPSA) is 33.4 Å². The van der Waals surface area contributed by atoms with Crippen molar-refractivity contribution in [1.82, 2.24) is 0 Å². The van der Waals surface area contributed by atoms with E-state index in [4.69, 9.17) is 4.42 Å². The molecule has 0 saturated heterocycles. The number of rotatable bonds is 3. The number of hydrogen-bond acceptors (Lipinski definition) is 2. The highest BCUT2D eigenvalue weighted by Crippen LogP contribution is 2.22. The monoisotopic (exact) mass is 202 g/mol. The second kappa shape index (κ2) is 4.32. The molecule has 0 unspecified atom stereocenters. The first-order valence-electron chi connectivity index (χ1n) is 5.11. The molecule has 1 N–H and O–H groups in total. The van der Waals surface area contributed by atoms with Crippen LogP contribution in [0.15, 0.2) is 47.1 Å². The van der Waals surface area contributed by atoms with Gasteiger partial charge in [-0.05, 0) is 29.7 Å². The predicted octanol–water partition coefficient (Wildman–Crippen LogP) is 2.92. The third-order valence-electron chi connectivity index (χ3n) is 2.52. The van der Waals surface area contributed by atoms with Crippen LogP contribution in [0.5, 0.6) is 0 Å². The molecule has 1 aromatic carbocycles. The Morgan fingerprint density at radius 1 is 1.20 bits per heavy atom. The average molecular weight is 202 g/mol. The number of hydrogen-bond donors (Lipinski definition) is 1. The van der Waals surface area contributed by atoms with E-state index in [-0.39, 0.29) is 0 Å². The normalized spacial score (nSPS) is 12.7. The molecule has 2 nitrogen and oxygen atoms in total. The van der Waals surface area contributed by atoms with E-state index in [0.29, 0.717) is 5.76 Å². The summed E-state index contributed by atoms with van der Waals surface area (Å²) in [6.07, 6.45) is 1.92. The Labute approximate surface area is 89.2 Å². The molecule has 0 bridgehead atoms. The molecule has 1 aromatic heterocycles. The zero-order chi connectivity index (χ0) is 10.7. The van der Waals surface area contributed by atoms with Gasteiger partial charge >= 0.3 is 0 Å². The molecular formula is C13H14O2. The average Bonchev–Trinajstić information content (AvgIpc) is 2.82. The summed E-state index contributed by atoms with van der Waals surface area (Å²) in [5.41, 5.74) is 2.13. The van der Waals surface area contributed by atoms with E-state index in [2.05, 4.69) is 6.92 Å². The molecule has 0 aliphatic carbocycles. The van der Waals surface area contributed by atoms with Crippen LogP contribution in [0, 0.1) is 0 Å². The Morgan fingerprint density at radius 2 is 1.93 bits per heavy atom. The van der Waals surface area contributed by atoms with Gasteiger partial charge in [0.05, 0.1) is 6.26 Å². The predicted molar refractivity (Wildman–Crippen MR) is 58.6 cm³/mol. The van der Waals surface area contributed by atoms with Gasteiger partial charge in [0, 0.05) is 0 Å². The van der Waals surface area contributed by atoms with Crippen LogP contribution in [0.4, 0.5) is 0 Å². The number of aliphatic hydroxyl groups is 1. The number of aryl methyl sites for hydroxylation is 1. The van der Waals surface area contributed by atoms with Gasteiger partial charge in [0.2, 0.25) is 0 Å². The maximum absolute atomic E-state index is 9.95. The molecule has 1 heterocycles. The van der Waals surface area contributed by atoms with Crippen molar-refractivity contribution in [3.8, 4) is 0 Å². The minimum atomic E-state index is -0.661. The molecule has 0 spiro atoms. The maximum atomic E-state index is 9.95. The van der Waals surface area contributed by atoms with Gasteiger partial charge in [0.1, 0.15) is 11.9 Å².